The Kier molecular flexibility index (Phi) is 6.07. The molecule has 0 saturated heterocycles. The topological polar surface area (TPSA) is 6.48 Å². The van der Waals surface area contributed by atoms with Gasteiger partial charge in [-0.25, -0.2) is 17.6 Å². The zero-order valence-corrected chi connectivity index (χ0v) is 8.13. The predicted molar refractivity (Wildman–Crippen MR) is 46.2 cm³/mol. The molecule has 0 aliphatic carbocycles. The van der Waals surface area contributed by atoms with Crippen molar-refractivity contribution in [1.29, 1.82) is 0 Å². The van der Waals surface area contributed by atoms with Crippen LogP contribution in [0, 0.1) is 0 Å². The number of nitrogens with zero attached hydrogens (tertiary/aromatic N) is 2. The lowest BCUT2D eigenvalue weighted by atomic mass is 10.6. The number of alkyl halides is 4. The molecule has 1 aliphatic heterocycles. The highest BCUT2D eigenvalue weighted by atomic mass is 19.3. The van der Waals surface area contributed by atoms with Gasteiger partial charge in [-0.1, -0.05) is 0 Å². The largest absolute Gasteiger partial charge is 0.362 e. The van der Waals surface area contributed by atoms with E-state index in [1.807, 2.05) is 0 Å². The van der Waals surface area contributed by atoms with Gasteiger partial charge in [0.05, 0.1) is 6.67 Å². The normalized spacial score (nSPS) is 15.1. The number of hydrogen-bond donors (Lipinski definition) is 0. The van der Waals surface area contributed by atoms with Crippen LogP contribution in [0.3, 0.4) is 0 Å². The summed E-state index contributed by atoms with van der Waals surface area (Å²) in [6.45, 7) is 4.32. The summed E-state index contributed by atoms with van der Waals surface area (Å²) in [5.41, 5.74) is 0. The van der Waals surface area contributed by atoms with Crippen LogP contribution in [-0.4, -0.2) is 42.9 Å². The summed E-state index contributed by atoms with van der Waals surface area (Å²) in [6.07, 6.45) is -2.77. The Balaban J connectivity index is 0.000000255. The number of rotatable bonds is 2. The highest BCUT2D eigenvalue weighted by Gasteiger charge is 2.15. The van der Waals surface area contributed by atoms with Gasteiger partial charge in [0, 0.05) is 26.0 Å². The maximum atomic E-state index is 10.4. The molecule has 0 atom stereocenters. The van der Waals surface area contributed by atoms with Gasteiger partial charge in [0.2, 0.25) is 0 Å². The molecule has 14 heavy (non-hydrogen) atoms. The third kappa shape index (κ3) is 5.66. The van der Waals surface area contributed by atoms with E-state index in [0.29, 0.717) is 0 Å². The fourth-order valence-electron chi connectivity index (χ4n) is 0.794. The maximum Gasteiger partial charge on any atom is 0.298 e. The van der Waals surface area contributed by atoms with E-state index < -0.39 is 12.9 Å². The maximum absolute atomic E-state index is 10.4. The molecule has 1 heterocycles. The first-order chi connectivity index (χ1) is 6.47. The molecule has 0 aromatic heterocycles. The Bertz CT molecular complexity index is 167. The Hall–Kier alpha value is -0.940. The molecule has 1 rings (SSSR count). The van der Waals surface area contributed by atoms with E-state index in [-0.39, 0.29) is 0 Å². The van der Waals surface area contributed by atoms with Crippen LogP contribution in [0.5, 0.6) is 0 Å². The molecule has 84 valence electrons. The molecule has 0 spiro atoms. The summed E-state index contributed by atoms with van der Waals surface area (Å²) in [6, 6.07) is 0. The Labute approximate surface area is 80.8 Å². The molecule has 1 aliphatic rings. The molecule has 6 heteroatoms. The van der Waals surface area contributed by atoms with Gasteiger partial charge in [0.15, 0.2) is 0 Å². The van der Waals surface area contributed by atoms with Crippen LogP contribution >= 0.6 is 0 Å². The summed E-state index contributed by atoms with van der Waals surface area (Å²) in [4.78, 5) is 4.41. The molecule has 2 nitrogen and oxygen atoms in total. The van der Waals surface area contributed by atoms with E-state index in [9.17, 15) is 17.6 Å². The fraction of sp³-hybridized carbons (Fsp3) is 0.750. The Morgan fingerprint density at radius 3 is 1.79 bits per heavy atom. The highest BCUT2D eigenvalue weighted by Crippen LogP contribution is 2.04. The second-order valence-electron chi connectivity index (χ2n) is 2.77. The van der Waals surface area contributed by atoms with E-state index in [4.69, 9.17) is 0 Å². The summed E-state index contributed by atoms with van der Waals surface area (Å²) < 4.78 is 41.6. The minimum atomic E-state index is -3.48. The third-order valence-corrected chi connectivity index (χ3v) is 1.53. The van der Waals surface area contributed by atoms with E-state index >= 15 is 0 Å². The predicted octanol–water partition coefficient (Wildman–Crippen LogP) is 2.20. The first kappa shape index (κ1) is 13.1. The van der Waals surface area contributed by atoms with Gasteiger partial charge in [0.1, 0.15) is 0 Å². The van der Waals surface area contributed by atoms with Gasteiger partial charge in [-0.05, 0) is 6.92 Å². The molecule has 0 radical (unpaired) electrons. The van der Waals surface area contributed by atoms with Crippen LogP contribution in [-0.2, 0) is 0 Å². The Morgan fingerprint density at radius 1 is 1.14 bits per heavy atom. The molecule has 0 aromatic carbocycles. The first-order valence-corrected chi connectivity index (χ1v) is 4.16. The number of halogens is 4. The summed E-state index contributed by atoms with van der Waals surface area (Å²) >= 11 is 0. The minimum Gasteiger partial charge on any atom is -0.362 e. The van der Waals surface area contributed by atoms with Crippen molar-refractivity contribution < 1.29 is 17.6 Å². The van der Waals surface area contributed by atoms with E-state index in [1.165, 1.54) is 0 Å². The molecule has 0 bridgehead atoms. The monoisotopic (exact) mass is 214 g/mol. The molecule has 0 amide bonds. The molecule has 0 fully saturated rings. The van der Waals surface area contributed by atoms with Gasteiger partial charge < -0.3 is 9.80 Å². The molecular formula is C8H14F4N2. The molecular weight excluding hydrogens is 200 g/mol. The zero-order valence-electron chi connectivity index (χ0n) is 8.13. The second kappa shape index (κ2) is 6.50. The molecule has 0 aromatic rings. The lowest BCUT2D eigenvalue weighted by Crippen LogP contribution is -2.21. The van der Waals surface area contributed by atoms with Crippen molar-refractivity contribution in [3.63, 3.8) is 0 Å². The van der Waals surface area contributed by atoms with Crippen molar-refractivity contribution in [3.05, 3.63) is 12.4 Å². The smallest absolute Gasteiger partial charge is 0.298 e. The van der Waals surface area contributed by atoms with Gasteiger partial charge in [-0.2, -0.15) is 0 Å². The van der Waals surface area contributed by atoms with Crippen molar-refractivity contribution in [2.24, 2.45) is 0 Å². The average Bonchev–Trinajstić information content (AvgIpc) is 2.52. The first-order valence-electron chi connectivity index (χ1n) is 4.16. The quantitative estimate of drug-likeness (QED) is 0.650. The van der Waals surface area contributed by atoms with Crippen molar-refractivity contribution >= 4 is 0 Å². The summed E-state index contributed by atoms with van der Waals surface area (Å²) in [5, 5.41) is 0. The zero-order chi connectivity index (χ0) is 11.1. The van der Waals surface area contributed by atoms with Crippen LogP contribution in [0.1, 0.15) is 6.92 Å². The van der Waals surface area contributed by atoms with Gasteiger partial charge in [0.25, 0.3) is 12.9 Å². The summed E-state index contributed by atoms with van der Waals surface area (Å²) in [5.74, 6) is 0. The average molecular weight is 214 g/mol. The van der Waals surface area contributed by atoms with Crippen molar-refractivity contribution in [1.82, 2.24) is 9.80 Å². The summed E-state index contributed by atoms with van der Waals surface area (Å²) in [7, 11) is 2.08. The van der Waals surface area contributed by atoms with E-state index in [1.54, 1.807) is 0 Å². The van der Waals surface area contributed by atoms with E-state index in [0.717, 1.165) is 13.2 Å². The van der Waals surface area contributed by atoms with Crippen molar-refractivity contribution in [3.8, 4) is 0 Å². The van der Waals surface area contributed by atoms with Gasteiger partial charge in [-0.15, -0.1) is 0 Å². The fourth-order valence-corrected chi connectivity index (χ4v) is 0.794. The SMILES string of the molecule is CCN1C=CN(C)C1.FC(F)C(F)F. The second-order valence-corrected chi connectivity index (χ2v) is 2.77. The van der Waals surface area contributed by atoms with Crippen LogP contribution in [0.25, 0.3) is 0 Å². The highest BCUT2D eigenvalue weighted by molar-refractivity contribution is 4.87. The number of hydrogen-bond acceptors (Lipinski definition) is 2. The van der Waals surface area contributed by atoms with Crippen LogP contribution < -0.4 is 0 Å². The third-order valence-electron chi connectivity index (χ3n) is 1.53. The van der Waals surface area contributed by atoms with Gasteiger partial charge >= 0.3 is 0 Å². The van der Waals surface area contributed by atoms with E-state index in [2.05, 4.69) is 36.2 Å². The molecule has 0 saturated carbocycles. The van der Waals surface area contributed by atoms with Gasteiger partial charge in [-0.3, -0.25) is 0 Å². The lowest BCUT2D eigenvalue weighted by molar-refractivity contribution is -0.0278. The molecule has 0 N–H and O–H groups in total. The Morgan fingerprint density at radius 2 is 1.64 bits per heavy atom. The van der Waals surface area contributed by atoms with Crippen LogP contribution in [0.4, 0.5) is 17.6 Å². The molecule has 0 unspecified atom stereocenters. The minimum absolute atomic E-state index is 1.05. The standard InChI is InChI=1S/C6H12N2.C2H2F4/c1-3-8-5-4-7(2)6-8;3-1(4)2(5)6/h4-5H,3,6H2,1-2H3;1-2H. The van der Waals surface area contributed by atoms with Crippen molar-refractivity contribution in [2.75, 3.05) is 20.3 Å². The van der Waals surface area contributed by atoms with Crippen molar-refractivity contribution in [2.45, 2.75) is 19.8 Å². The van der Waals surface area contributed by atoms with Crippen LogP contribution in [0.2, 0.25) is 0 Å². The lowest BCUT2D eigenvalue weighted by Gasteiger charge is -2.14. The van der Waals surface area contributed by atoms with Crippen LogP contribution in [0.15, 0.2) is 12.4 Å².